The van der Waals surface area contributed by atoms with Gasteiger partial charge in [0.05, 0.1) is 29.9 Å². The minimum atomic E-state index is -0.810. The summed E-state index contributed by atoms with van der Waals surface area (Å²) in [5, 5.41) is 9.75. The first-order valence-corrected chi connectivity index (χ1v) is 10.5. The van der Waals surface area contributed by atoms with E-state index in [0.29, 0.717) is 35.1 Å². The van der Waals surface area contributed by atoms with Crippen LogP contribution in [0, 0.1) is 5.92 Å². The van der Waals surface area contributed by atoms with Crippen LogP contribution in [0.2, 0.25) is 10.0 Å². The molecule has 0 spiro atoms. The lowest BCUT2D eigenvalue weighted by molar-refractivity contribution is -0.244. The molecule has 3 atom stereocenters. The summed E-state index contributed by atoms with van der Waals surface area (Å²) < 4.78 is 17.9. The Morgan fingerprint density at radius 1 is 1.17 bits per heavy atom. The van der Waals surface area contributed by atoms with Crippen molar-refractivity contribution < 1.29 is 24.1 Å². The molecule has 0 bridgehead atoms. The number of hydrogen-bond donors (Lipinski definition) is 1. The molecule has 1 N–H and O–H groups in total. The standard InChI is InChI=1S/C23H24Cl2O5/c1-28-19-12-6-5-9-16(19)22-15(8-3-2-4-13-20(26)27)14-29-23(30-22)21-17(24)10-7-11-18(21)25/h2-3,5-7,9-12,15,22-23H,4,8,13-14H2,1H3,(H,26,27). The van der Waals surface area contributed by atoms with E-state index in [9.17, 15) is 4.79 Å². The zero-order valence-corrected chi connectivity index (χ0v) is 18.1. The zero-order chi connectivity index (χ0) is 21.5. The van der Waals surface area contributed by atoms with E-state index in [1.54, 1.807) is 25.3 Å². The minimum Gasteiger partial charge on any atom is -0.496 e. The monoisotopic (exact) mass is 450 g/mol. The lowest BCUT2D eigenvalue weighted by Gasteiger charge is -2.37. The molecule has 2 aromatic rings. The van der Waals surface area contributed by atoms with Gasteiger partial charge >= 0.3 is 5.97 Å². The number of hydrogen-bond acceptors (Lipinski definition) is 4. The molecule has 3 unspecified atom stereocenters. The number of carboxylic acid groups (broad SMARTS) is 1. The van der Waals surface area contributed by atoms with E-state index in [2.05, 4.69) is 0 Å². The average Bonchev–Trinajstić information content (AvgIpc) is 2.73. The summed E-state index contributed by atoms with van der Waals surface area (Å²) in [6, 6.07) is 13.0. The Morgan fingerprint density at radius 3 is 2.60 bits per heavy atom. The van der Waals surface area contributed by atoms with Crippen molar-refractivity contribution in [1.29, 1.82) is 0 Å². The third-order valence-corrected chi connectivity index (χ3v) is 5.63. The minimum absolute atomic E-state index is 0.0138. The summed E-state index contributed by atoms with van der Waals surface area (Å²) in [5.74, 6) is -0.0662. The van der Waals surface area contributed by atoms with Gasteiger partial charge in [0.15, 0.2) is 6.29 Å². The number of benzene rings is 2. The Morgan fingerprint density at radius 2 is 1.90 bits per heavy atom. The van der Waals surface area contributed by atoms with Gasteiger partial charge in [0.25, 0.3) is 0 Å². The molecule has 30 heavy (non-hydrogen) atoms. The molecule has 1 aliphatic rings. The molecule has 160 valence electrons. The van der Waals surface area contributed by atoms with Crippen molar-refractivity contribution in [3.8, 4) is 5.75 Å². The van der Waals surface area contributed by atoms with E-state index in [4.69, 9.17) is 42.5 Å². The van der Waals surface area contributed by atoms with Crippen LogP contribution in [0.3, 0.4) is 0 Å². The van der Waals surface area contributed by atoms with Crippen LogP contribution in [0.1, 0.15) is 42.8 Å². The molecule has 0 aliphatic carbocycles. The highest BCUT2D eigenvalue weighted by atomic mass is 35.5. The molecule has 2 aromatic carbocycles. The van der Waals surface area contributed by atoms with E-state index in [-0.39, 0.29) is 18.4 Å². The molecule has 7 heteroatoms. The molecule has 1 saturated heterocycles. The second kappa shape index (κ2) is 10.8. The molecule has 1 heterocycles. The van der Waals surface area contributed by atoms with E-state index in [1.807, 2.05) is 36.4 Å². The predicted molar refractivity (Wildman–Crippen MR) is 116 cm³/mol. The van der Waals surface area contributed by atoms with Crippen LogP contribution in [0.5, 0.6) is 5.75 Å². The van der Waals surface area contributed by atoms with Crippen LogP contribution in [-0.4, -0.2) is 24.8 Å². The molecular weight excluding hydrogens is 427 g/mol. The summed E-state index contributed by atoms with van der Waals surface area (Å²) in [6.07, 6.45) is 4.11. The van der Waals surface area contributed by atoms with Crippen molar-refractivity contribution in [2.75, 3.05) is 13.7 Å². The number of aliphatic carboxylic acids is 1. The first-order chi connectivity index (χ1) is 14.5. The molecule has 1 aliphatic heterocycles. The van der Waals surface area contributed by atoms with Gasteiger partial charge in [-0.15, -0.1) is 0 Å². The molecular formula is C23H24Cl2O5. The molecule has 3 rings (SSSR count). The van der Waals surface area contributed by atoms with Gasteiger partial charge in [-0.25, -0.2) is 0 Å². The van der Waals surface area contributed by atoms with Gasteiger partial charge in [-0.3, -0.25) is 4.79 Å². The van der Waals surface area contributed by atoms with Crippen molar-refractivity contribution in [2.24, 2.45) is 5.92 Å². The van der Waals surface area contributed by atoms with E-state index >= 15 is 0 Å². The van der Waals surface area contributed by atoms with Crippen LogP contribution >= 0.6 is 23.2 Å². The van der Waals surface area contributed by atoms with Crippen molar-refractivity contribution in [3.63, 3.8) is 0 Å². The Labute approximate surface area is 186 Å². The van der Waals surface area contributed by atoms with Crippen molar-refractivity contribution >= 4 is 29.2 Å². The van der Waals surface area contributed by atoms with E-state index < -0.39 is 12.3 Å². The Bertz CT molecular complexity index is 879. The second-order valence-electron chi connectivity index (χ2n) is 7.00. The van der Waals surface area contributed by atoms with Gasteiger partial charge in [-0.05, 0) is 31.0 Å². The molecule has 1 fully saturated rings. The van der Waals surface area contributed by atoms with Gasteiger partial charge in [0, 0.05) is 23.5 Å². The Kier molecular flexibility index (Phi) is 8.16. The largest absolute Gasteiger partial charge is 0.496 e. The lowest BCUT2D eigenvalue weighted by Crippen LogP contribution is -2.31. The Balaban J connectivity index is 1.84. The number of rotatable bonds is 8. The summed E-state index contributed by atoms with van der Waals surface area (Å²) in [4.78, 5) is 10.7. The van der Waals surface area contributed by atoms with Crippen LogP contribution in [0.4, 0.5) is 0 Å². The van der Waals surface area contributed by atoms with Crippen LogP contribution in [0.15, 0.2) is 54.6 Å². The number of halogens is 2. The third kappa shape index (κ3) is 5.55. The average molecular weight is 451 g/mol. The fraction of sp³-hybridized carbons (Fsp3) is 0.348. The van der Waals surface area contributed by atoms with Crippen molar-refractivity contribution in [3.05, 3.63) is 75.8 Å². The van der Waals surface area contributed by atoms with Gasteiger partial charge < -0.3 is 19.3 Å². The molecule has 0 amide bonds. The number of carbonyl (C=O) groups is 1. The number of allylic oxidation sites excluding steroid dienone is 2. The maximum Gasteiger partial charge on any atom is 0.303 e. The number of methoxy groups -OCH3 is 1. The summed E-state index contributed by atoms with van der Waals surface area (Å²) >= 11 is 12.7. The third-order valence-electron chi connectivity index (χ3n) is 4.97. The summed E-state index contributed by atoms with van der Waals surface area (Å²) in [6.45, 7) is 0.429. The first kappa shape index (κ1) is 22.6. The first-order valence-electron chi connectivity index (χ1n) is 9.72. The van der Waals surface area contributed by atoms with Crippen molar-refractivity contribution in [1.82, 2.24) is 0 Å². The van der Waals surface area contributed by atoms with Crippen LogP contribution in [0.25, 0.3) is 0 Å². The van der Waals surface area contributed by atoms with E-state index in [1.165, 1.54) is 0 Å². The molecule has 5 nitrogen and oxygen atoms in total. The molecule has 0 aromatic heterocycles. The van der Waals surface area contributed by atoms with Crippen LogP contribution in [-0.2, 0) is 14.3 Å². The number of ether oxygens (including phenoxy) is 3. The SMILES string of the molecule is COc1ccccc1C1OC(c2c(Cl)cccc2Cl)OCC1CC=CCCC(=O)O. The quantitative estimate of drug-likeness (QED) is 0.483. The molecule has 0 radical (unpaired) electrons. The number of para-hydroxylation sites is 1. The summed E-state index contributed by atoms with van der Waals surface area (Å²) in [5.41, 5.74) is 1.52. The fourth-order valence-corrected chi connectivity index (χ4v) is 4.06. The predicted octanol–water partition coefficient (Wildman–Crippen LogP) is 6.22. The fourth-order valence-electron chi connectivity index (χ4n) is 3.49. The van der Waals surface area contributed by atoms with Crippen LogP contribution < -0.4 is 4.74 Å². The second-order valence-corrected chi connectivity index (χ2v) is 7.81. The molecule has 0 saturated carbocycles. The smallest absolute Gasteiger partial charge is 0.303 e. The maximum absolute atomic E-state index is 10.7. The van der Waals surface area contributed by atoms with Crippen molar-refractivity contribution in [2.45, 2.75) is 31.7 Å². The van der Waals surface area contributed by atoms with Gasteiger partial charge in [-0.2, -0.15) is 0 Å². The van der Waals surface area contributed by atoms with E-state index in [0.717, 1.165) is 11.3 Å². The lowest BCUT2D eigenvalue weighted by atomic mass is 9.91. The van der Waals surface area contributed by atoms with Gasteiger partial charge in [0.1, 0.15) is 5.75 Å². The Hall–Kier alpha value is -2.05. The highest BCUT2D eigenvalue weighted by Gasteiger charge is 2.36. The zero-order valence-electron chi connectivity index (χ0n) is 16.6. The van der Waals surface area contributed by atoms with Gasteiger partial charge in [0.2, 0.25) is 0 Å². The normalized spacial score (nSPS) is 21.6. The number of carboxylic acids is 1. The maximum atomic E-state index is 10.7. The van der Waals surface area contributed by atoms with Gasteiger partial charge in [-0.1, -0.05) is 59.6 Å². The topological polar surface area (TPSA) is 65.0 Å². The highest BCUT2D eigenvalue weighted by Crippen LogP contribution is 2.45. The highest BCUT2D eigenvalue weighted by molar-refractivity contribution is 6.36. The summed E-state index contributed by atoms with van der Waals surface area (Å²) in [7, 11) is 1.63.